The molecule has 0 atom stereocenters. The molecule has 1 fully saturated rings. The fraction of sp³-hybridized carbons (Fsp3) is 0.500. The van der Waals surface area contributed by atoms with Crippen LogP contribution in [0.25, 0.3) is 11.5 Å². The van der Waals surface area contributed by atoms with Crippen LogP contribution in [-0.2, 0) is 14.6 Å². The highest BCUT2D eigenvalue weighted by atomic mass is 32.2. The molecule has 0 bridgehead atoms. The summed E-state index contributed by atoms with van der Waals surface area (Å²) < 4.78 is 25.2. The van der Waals surface area contributed by atoms with Crippen LogP contribution < -0.4 is 0 Å². The Kier molecular flexibility index (Phi) is 6.24. The molecule has 2 aromatic rings. The minimum atomic E-state index is -2.86. The van der Waals surface area contributed by atoms with E-state index in [-0.39, 0.29) is 29.9 Å². The maximum Gasteiger partial charge on any atom is 0.290 e. The molecule has 0 aliphatic carbocycles. The van der Waals surface area contributed by atoms with E-state index in [1.807, 2.05) is 12.3 Å². The maximum absolute atomic E-state index is 11.6. The fourth-order valence-electron chi connectivity index (χ4n) is 2.74. The average Bonchev–Trinajstić information content (AvgIpc) is 3.05. The lowest BCUT2D eigenvalue weighted by Gasteiger charge is -2.24. The second-order valence-corrected chi connectivity index (χ2v) is 8.40. The number of sulfone groups is 1. The molecule has 1 saturated heterocycles. The molecule has 0 amide bonds. The van der Waals surface area contributed by atoms with E-state index in [1.54, 1.807) is 12.4 Å². The molecule has 0 radical (unpaired) electrons. The molecule has 1 N–H and O–H groups in total. The zero-order valence-electron chi connectivity index (χ0n) is 14.2. The minimum absolute atomic E-state index is 0.165. The van der Waals surface area contributed by atoms with Crippen molar-refractivity contribution in [2.24, 2.45) is 0 Å². The number of carboxylic acid groups (broad SMARTS) is 1. The number of carbonyl (C=O) groups is 1. The fourth-order valence-corrected chi connectivity index (χ4v) is 4.20. The summed E-state index contributed by atoms with van der Waals surface area (Å²) in [5.74, 6) is 2.32. The first-order valence-electron chi connectivity index (χ1n) is 8.02. The zero-order chi connectivity index (χ0) is 18.4. The van der Waals surface area contributed by atoms with Gasteiger partial charge in [0.1, 0.15) is 21.4 Å². The van der Waals surface area contributed by atoms with Crippen molar-refractivity contribution in [3.8, 4) is 11.5 Å². The van der Waals surface area contributed by atoms with Crippen molar-refractivity contribution in [1.29, 1.82) is 0 Å². The summed E-state index contributed by atoms with van der Waals surface area (Å²) in [6, 6.07) is 2.02. The van der Waals surface area contributed by atoms with Gasteiger partial charge in [-0.25, -0.2) is 23.4 Å². The van der Waals surface area contributed by atoms with E-state index >= 15 is 0 Å². The zero-order valence-corrected chi connectivity index (χ0v) is 15.1. The van der Waals surface area contributed by atoms with Crippen molar-refractivity contribution in [1.82, 2.24) is 19.5 Å². The Morgan fingerprint density at radius 2 is 1.88 bits per heavy atom. The number of nitrogens with zero attached hydrogens (tertiary/aromatic N) is 4. The molecular formula is C16H22N4O4S. The van der Waals surface area contributed by atoms with Gasteiger partial charge in [0, 0.05) is 30.6 Å². The highest BCUT2D eigenvalue weighted by molar-refractivity contribution is 7.91. The number of aromatic nitrogens is 4. The second-order valence-electron chi connectivity index (χ2n) is 6.10. The molecule has 9 heteroatoms. The van der Waals surface area contributed by atoms with Crippen molar-refractivity contribution >= 4 is 16.3 Å². The predicted octanol–water partition coefficient (Wildman–Crippen LogP) is 1.91. The molecule has 136 valence electrons. The molecule has 2 aromatic heterocycles. The molecule has 3 rings (SSSR count). The molecule has 1 aliphatic heterocycles. The van der Waals surface area contributed by atoms with Crippen molar-refractivity contribution in [2.45, 2.75) is 38.6 Å². The van der Waals surface area contributed by atoms with Crippen molar-refractivity contribution in [2.75, 3.05) is 11.5 Å². The summed E-state index contributed by atoms with van der Waals surface area (Å²) in [5.41, 5.74) is 0.789. The lowest BCUT2D eigenvalue weighted by atomic mass is 10.1. The number of imidazole rings is 1. The van der Waals surface area contributed by atoms with Crippen LogP contribution in [0.5, 0.6) is 0 Å². The first kappa shape index (κ1) is 19.0. The molecule has 0 spiro atoms. The number of hydrogen-bond donors (Lipinski definition) is 1. The van der Waals surface area contributed by atoms with E-state index in [2.05, 4.69) is 33.4 Å². The third kappa shape index (κ3) is 4.85. The lowest BCUT2D eigenvalue weighted by molar-refractivity contribution is -0.122. The van der Waals surface area contributed by atoms with E-state index in [9.17, 15) is 8.42 Å². The molecule has 0 unspecified atom stereocenters. The first-order valence-corrected chi connectivity index (χ1v) is 9.84. The van der Waals surface area contributed by atoms with Gasteiger partial charge in [-0.3, -0.25) is 4.79 Å². The smallest absolute Gasteiger partial charge is 0.290 e. The third-order valence-corrected chi connectivity index (χ3v) is 5.72. The summed E-state index contributed by atoms with van der Waals surface area (Å²) in [4.78, 5) is 21.7. The Balaban J connectivity index is 0.000000701. The van der Waals surface area contributed by atoms with Crippen LogP contribution in [-0.4, -0.2) is 51.0 Å². The Bertz CT molecular complexity index is 803. The normalized spacial score (nSPS) is 16.9. The Morgan fingerprint density at radius 1 is 1.24 bits per heavy atom. The van der Waals surface area contributed by atoms with Crippen LogP contribution in [0.2, 0.25) is 0 Å². The van der Waals surface area contributed by atoms with Gasteiger partial charge in [-0.1, -0.05) is 13.8 Å². The van der Waals surface area contributed by atoms with E-state index in [0.717, 1.165) is 17.3 Å². The number of rotatable bonds is 3. The van der Waals surface area contributed by atoms with Gasteiger partial charge in [-0.15, -0.1) is 0 Å². The van der Waals surface area contributed by atoms with Crippen molar-refractivity contribution in [3.05, 3.63) is 30.5 Å². The maximum atomic E-state index is 11.6. The van der Waals surface area contributed by atoms with Gasteiger partial charge in [0.05, 0.1) is 11.5 Å². The minimum Gasteiger partial charge on any atom is -0.483 e. The van der Waals surface area contributed by atoms with E-state index in [0.29, 0.717) is 12.8 Å². The second kappa shape index (κ2) is 8.19. The van der Waals surface area contributed by atoms with Gasteiger partial charge in [0.2, 0.25) is 0 Å². The highest BCUT2D eigenvalue weighted by Gasteiger charge is 2.26. The molecule has 8 nitrogen and oxygen atoms in total. The van der Waals surface area contributed by atoms with Crippen molar-refractivity contribution < 1.29 is 18.3 Å². The summed E-state index contributed by atoms with van der Waals surface area (Å²) in [5, 5.41) is 6.89. The molecule has 0 aromatic carbocycles. The van der Waals surface area contributed by atoms with E-state index in [4.69, 9.17) is 9.90 Å². The van der Waals surface area contributed by atoms with Crippen molar-refractivity contribution in [3.63, 3.8) is 0 Å². The number of hydrogen-bond acceptors (Lipinski definition) is 6. The van der Waals surface area contributed by atoms with E-state index < -0.39 is 9.84 Å². The van der Waals surface area contributed by atoms with Gasteiger partial charge in [0.15, 0.2) is 5.82 Å². The quantitative estimate of drug-likeness (QED) is 0.825. The summed E-state index contributed by atoms with van der Waals surface area (Å²) in [7, 11) is -2.86. The topological polar surface area (TPSA) is 115 Å². The summed E-state index contributed by atoms with van der Waals surface area (Å²) >= 11 is 0. The lowest BCUT2D eigenvalue weighted by Crippen LogP contribution is -2.25. The third-order valence-electron chi connectivity index (χ3n) is 4.01. The van der Waals surface area contributed by atoms with Gasteiger partial charge in [-0.2, -0.15) is 0 Å². The summed E-state index contributed by atoms with van der Waals surface area (Å²) in [6.07, 6.45) is 6.67. The van der Waals surface area contributed by atoms with Gasteiger partial charge < -0.3 is 9.67 Å². The van der Waals surface area contributed by atoms with Crippen LogP contribution in [0.4, 0.5) is 0 Å². The van der Waals surface area contributed by atoms with Crippen LogP contribution in [0.3, 0.4) is 0 Å². The Labute approximate surface area is 146 Å². The molecule has 3 heterocycles. The van der Waals surface area contributed by atoms with Gasteiger partial charge in [0.25, 0.3) is 6.47 Å². The SMILES string of the molecule is CC(C)c1nccc(-c2nccn2C2CCS(=O)(=O)CC2)n1.O=CO. The molecule has 0 saturated carbocycles. The van der Waals surface area contributed by atoms with Gasteiger partial charge in [-0.05, 0) is 18.9 Å². The predicted molar refractivity (Wildman–Crippen MR) is 93.0 cm³/mol. The van der Waals surface area contributed by atoms with Crippen LogP contribution in [0.1, 0.15) is 44.5 Å². The van der Waals surface area contributed by atoms with Crippen LogP contribution in [0.15, 0.2) is 24.7 Å². The van der Waals surface area contributed by atoms with Crippen LogP contribution in [0, 0.1) is 0 Å². The molecular weight excluding hydrogens is 344 g/mol. The summed E-state index contributed by atoms with van der Waals surface area (Å²) in [6.45, 7) is 3.86. The molecule has 1 aliphatic rings. The Hall–Kier alpha value is -2.29. The standard InChI is InChI=1S/C15H20N4O2S.CH2O2/c1-11(2)14-16-6-3-13(18-14)15-17-7-8-19(15)12-4-9-22(20,21)10-5-12;2-1-3/h3,6-8,11-12H,4-5,9-10H2,1-2H3;1H,(H,2,3). The van der Waals surface area contributed by atoms with Crippen LogP contribution >= 0.6 is 0 Å². The Morgan fingerprint density at radius 3 is 2.48 bits per heavy atom. The first-order chi connectivity index (χ1) is 11.9. The van der Waals surface area contributed by atoms with Gasteiger partial charge >= 0.3 is 0 Å². The molecule has 25 heavy (non-hydrogen) atoms. The largest absolute Gasteiger partial charge is 0.483 e. The van der Waals surface area contributed by atoms with E-state index in [1.165, 1.54) is 0 Å². The average molecular weight is 366 g/mol. The monoisotopic (exact) mass is 366 g/mol. The highest BCUT2D eigenvalue weighted by Crippen LogP contribution is 2.28.